The molecule has 72 heavy (non-hydrogen) atoms. The number of likely N-dealkylation sites (N-methyl/N-ethyl adjacent to an activating group) is 1. The molecule has 0 amide bonds. The molecule has 0 radical (unpaired) electrons. The summed E-state index contributed by atoms with van der Waals surface area (Å²) in [5, 5.41) is 0. The molecule has 0 saturated heterocycles. The van der Waals surface area contributed by atoms with Gasteiger partial charge in [-0.3, -0.25) is 14.2 Å². The Kier molecular flexibility index (Phi) is 48.0. The summed E-state index contributed by atoms with van der Waals surface area (Å²) >= 11 is 0. The van der Waals surface area contributed by atoms with Crippen molar-refractivity contribution in [1.29, 1.82) is 0 Å². The molecule has 0 aliphatic carbocycles. The first kappa shape index (κ1) is 67.4. The van der Waals surface area contributed by atoms with E-state index in [9.17, 15) is 19.0 Å². The normalized spacial score (nSPS) is 14.7. The van der Waals surface area contributed by atoms with Gasteiger partial charge in [0.1, 0.15) is 19.8 Å². The highest BCUT2D eigenvalue weighted by Gasteiger charge is 2.21. The van der Waals surface area contributed by atoms with E-state index in [-0.39, 0.29) is 26.1 Å². The number of rotatable bonds is 46. The Labute approximate surface area is 438 Å². The van der Waals surface area contributed by atoms with E-state index in [4.69, 9.17) is 18.5 Å². The highest BCUT2D eigenvalue weighted by molar-refractivity contribution is 7.45. The number of phosphoric ester groups is 1. The Bertz CT molecular complexity index is 1810. The van der Waals surface area contributed by atoms with Crippen molar-refractivity contribution in [3.8, 4) is 0 Å². The highest BCUT2D eigenvalue weighted by atomic mass is 31.2. The first-order valence-electron chi connectivity index (χ1n) is 26.8. The van der Waals surface area contributed by atoms with Crippen molar-refractivity contribution in [3.05, 3.63) is 170 Å². The van der Waals surface area contributed by atoms with Crippen LogP contribution in [0.15, 0.2) is 170 Å². The standard InChI is InChI=1S/C62H96NO8P/c1-6-8-10-12-14-16-18-20-22-24-26-28-30-31-33-35-37-39-41-43-45-47-49-51-53-55-62(65)71-60(59-70-72(66,67)69-57-56-63(3,4)5)58-68-61(64)54-52-50-48-46-44-42-40-38-36-34-32-29-27-25-23-21-19-17-15-13-11-9-7-2/h8-11,14-17,20-23,26-29,31,33-34,36-37,39-40,42-43,45-46,48,60H,6-7,12-13,18-19,24-25,30,32,35,38,41,44,47,49-59H2,1-5H3/b10-8-,11-9-,16-14-,17-15-,22-20-,23-21-,28-26-,29-27-,33-31-,36-34-,39-37-,42-40-,45-43-,48-46-. The lowest BCUT2D eigenvalue weighted by molar-refractivity contribution is -0.870. The van der Waals surface area contributed by atoms with Crippen molar-refractivity contribution in [1.82, 2.24) is 0 Å². The van der Waals surface area contributed by atoms with Crippen LogP contribution in [0, 0.1) is 0 Å². The molecule has 0 rings (SSSR count). The summed E-state index contributed by atoms with van der Waals surface area (Å²) in [6, 6.07) is 0. The molecule has 0 saturated carbocycles. The van der Waals surface area contributed by atoms with Gasteiger partial charge in [0.15, 0.2) is 6.10 Å². The third-order valence-electron chi connectivity index (χ3n) is 10.2. The van der Waals surface area contributed by atoms with Gasteiger partial charge in [-0.2, -0.15) is 0 Å². The highest BCUT2D eigenvalue weighted by Crippen LogP contribution is 2.38. The molecule has 0 aliphatic heterocycles. The molecule has 9 nitrogen and oxygen atoms in total. The molecular weight excluding hydrogens is 918 g/mol. The number of quaternary nitrogens is 1. The summed E-state index contributed by atoms with van der Waals surface area (Å²) in [4.78, 5) is 37.8. The van der Waals surface area contributed by atoms with E-state index in [1.54, 1.807) is 0 Å². The van der Waals surface area contributed by atoms with Crippen LogP contribution in [0.4, 0.5) is 0 Å². The first-order chi connectivity index (χ1) is 35.0. The number of hydrogen-bond acceptors (Lipinski definition) is 8. The largest absolute Gasteiger partial charge is 0.756 e. The zero-order valence-corrected chi connectivity index (χ0v) is 46.2. The Hall–Kier alpha value is -4.63. The number of allylic oxidation sites excluding steroid dienone is 28. The first-order valence-corrected chi connectivity index (χ1v) is 28.3. The fraction of sp³-hybridized carbons (Fsp3) is 0.516. The van der Waals surface area contributed by atoms with Gasteiger partial charge in [0.05, 0.1) is 27.7 Å². The summed E-state index contributed by atoms with van der Waals surface area (Å²) in [5.41, 5.74) is 0. The van der Waals surface area contributed by atoms with Gasteiger partial charge in [-0.1, -0.05) is 190 Å². The number of unbranched alkanes of at least 4 members (excludes halogenated alkanes) is 4. The fourth-order valence-corrected chi connectivity index (χ4v) is 6.88. The van der Waals surface area contributed by atoms with Crippen molar-refractivity contribution in [2.75, 3.05) is 47.5 Å². The van der Waals surface area contributed by atoms with Crippen LogP contribution in [0.3, 0.4) is 0 Å². The SMILES string of the molecule is CC/C=C\C/C=C\C/C=C\C/C=C\C/C=C\C/C=C\C/C=C\CCCCCC(=O)OC(COC(=O)CCC/C=C\C/C=C\C/C=C\C/C=C\C/C=C\C/C=C\C/C=C\CC)COP(=O)([O-])OCC[N+](C)(C)C. The van der Waals surface area contributed by atoms with E-state index in [2.05, 4.69) is 178 Å². The van der Waals surface area contributed by atoms with Gasteiger partial charge in [-0.05, 0) is 122 Å². The lowest BCUT2D eigenvalue weighted by atomic mass is 10.1. The van der Waals surface area contributed by atoms with Gasteiger partial charge in [0, 0.05) is 12.8 Å². The van der Waals surface area contributed by atoms with Crippen molar-refractivity contribution in [2.45, 2.75) is 161 Å². The van der Waals surface area contributed by atoms with Gasteiger partial charge in [0.25, 0.3) is 7.82 Å². The monoisotopic (exact) mass is 1010 g/mol. The number of ether oxygens (including phenoxy) is 2. The molecule has 0 aromatic rings. The molecule has 0 aliphatic rings. The zero-order chi connectivity index (χ0) is 52.7. The lowest BCUT2D eigenvalue weighted by Crippen LogP contribution is -2.37. The van der Waals surface area contributed by atoms with Crippen LogP contribution < -0.4 is 4.89 Å². The number of phosphoric acid groups is 1. The lowest BCUT2D eigenvalue weighted by Gasteiger charge is -2.28. The topological polar surface area (TPSA) is 111 Å². The van der Waals surface area contributed by atoms with E-state index in [0.29, 0.717) is 30.3 Å². The van der Waals surface area contributed by atoms with Crippen LogP contribution in [-0.4, -0.2) is 70.0 Å². The van der Waals surface area contributed by atoms with E-state index in [1.807, 2.05) is 27.2 Å². The molecule has 0 spiro atoms. The maximum Gasteiger partial charge on any atom is 0.306 e. The number of nitrogens with zero attached hydrogens (tertiary/aromatic N) is 1. The van der Waals surface area contributed by atoms with Gasteiger partial charge < -0.3 is 27.9 Å². The quantitative estimate of drug-likeness (QED) is 0.0195. The minimum atomic E-state index is -4.67. The molecule has 0 aromatic heterocycles. The second kappa shape index (κ2) is 51.3. The molecule has 2 unspecified atom stereocenters. The van der Waals surface area contributed by atoms with E-state index >= 15 is 0 Å². The Morgan fingerprint density at radius 3 is 1.12 bits per heavy atom. The van der Waals surface area contributed by atoms with Crippen LogP contribution in [-0.2, 0) is 32.7 Å². The Balaban J connectivity index is 4.46. The van der Waals surface area contributed by atoms with Crippen molar-refractivity contribution in [3.63, 3.8) is 0 Å². The Morgan fingerprint density at radius 1 is 0.431 bits per heavy atom. The molecule has 0 N–H and O–H groups in total. The minimum Gasteiger partial charge on any atom is -0.756 e. The number of hydrogen-bond donors (Lipinski definition) is 0. The average Bonchev–Trinajstić information content (AvgIpc) is 3.34. The van der Waals surface area contributed by atoms with Crippen LogP contribution >= 0.6 is 7.82 Å². The van der Waals surface area contributed by atoms with Crippen molar-refractivity contribution in [2.24, 2.45) is 0 Å². The van der Waals surface area contributed by atoms with Crippen LogP contribution in [0.1, 0.15) is 155 Å². The number of carbonyl (C=O) groups excluding carboxylic acids is 2. The average molecular weight is 1010 g/mol. The molecular formula is C62H96NO8P. The van der Waals surface area contributed by atoms with Crippen LogP contribution in [0.25, 0.3) is 0 Å². The fourth-order valence-electron chi connectivity index (χ4n) is 6.15. The van der Waals surface area contributed by atoms with Crippen molar-refractivity contribution < 1.29 is 42.1 Å². The Morgan fingerprint density at radius 2 is 0.764 bits per heavy atom. The maximum atomic E-state index is 12.8. The maximum absolute atomic E-state index is 12.8. The third-order valence-corrected chi connectivity index (χ3v) is 11.2. The van der Waals surface area contributed by atoms with Gasteiger partial charge in [-0.15, -0.1) is 0 Å². The molecule has 402 valence electrons. The molecule has 0 aromatic carbocycles. The predicted molar refractivity (Wildman–Crippen MR) is 304 cm³/mol. The minimum absolute atomic E-state index is 0.0583. The van der Waals surface area contributed by atoms with Crippen LogP contribution in [0.5, 0.6) is 0 Å². The second-order valence-electron chi connectivity index (χ2n) is 18.1. The second-order valence-corrected chi connectivity index (χ2v) is 19.5. The van der Waals surface area contributed by atoms with E-state index in [0.717, 1.165) is 109 Å². The summed E-state index contributed by atoms with van der Waals surface area (Å²) in [6.07, 6.45) is 78.3. The smallest absolute Gasteiger partial charge is 0.306 e. The molecule has 0 heterocycles. The predicted octanol–water partition coefficient (Wildman–Crippen LogP) is 16.1. The summed E-state index contributed by atoms with van der Waals surface area (Å²) < 4.78 is 34.0. The molecule has 10 heteroatoms. The molecule has 2 atom stereocenters. The third kappa shape index (κ3) is 54.7. The summed E-state index contributed by atoms with van der Waals surface area (Å²) in [5.74, 6) is -0.962. The van der Waals surface area contributed by atoms with Gasteiger partial charge in [0.2, 0.25) is 0 Å². The van der Waals surface area contributed by atoms with Crippen LogP contribution in [0.2, 0.25) is 0 Å². The van der Waals surface area contributed by atoms with Gasteiger partial charge in [-0.25, -0.2) is 0 Å². The molecule has 0 bridgehead atoms. The summed E-state index contributed by atoms with van der Waals surface area (Å²) in [7, 11) is 1.08. The van der Waals surface area contributed by atoms with Crippen molar-refractivity contribution >= 4 is 19.8 Å². The number of carbonyl (C=O) groups is 2. The van der Waals surface area contributed by atoms with Gasteiger partial charge >= 0.3 is 11.9 Å². The summed E-state index contributed by atoms with van der Waals surface area (Å²) in [6.45, 7) is 3.86. The van der Waals surface area contributed by atoms with E-state index in [1.165, 1.54) is 0 Å². The van der Waals surface area contributed by atoms with E-state index < -0.39 is 32.5 Å². The zero-order valence-electron chi connectivity index (χ0n) is 45.3. The molecule has 0 fully saturated rings. The number of esters is 2.